The third kappa shape index (κ3) is 2.76. The fraction of sp³-hybridized carbons (Fsp3) is 1.00. The highest BCUT2D eigenvalue weighted by atomic mass is 16.5. The Bertz CT molecular complexity index is 214. The number of hydrogen-bond donors (Lipinski definition) is 1. The molecule has 16 heavy (non-hydrogen) atoms. The third-order valence-corrected chi connectivity index (χ3v) is 4.16. The summed E-state index contributed by atoms with van der Waals surface area (Å²) < 4.78 is 5.64. The van der Waals surface area contributed by atoms with Gasteiger partial charge in [-0.2, -0.15) is 0 Å². The summed E-state index contributed by atoms with van der Waals surface area (Å²) in [6.07, 6.45) is 3.97. The van der Waals surface area contributed by atoms with Gasteiger partial charge in [-0.15, -0.1) is 0 Å². The van der Waals surface area contributed by atoms with Crippen LogP contribution in [0.15, 0.2) is 0 Å². The van der Waals surface area contributed by atoms with Gasteiger partial charge in [-0.05, 0) is 39.3 Å². The summed E-state index contributed by atoms with van der Waals surface area (Å²) in [7, 11) is 0. The van der Waals surface area contributed by atoms with E-state index < -0.39 is 0 Å². The van der Waals surface area contributed by atoms with Crippen molar-refractivity contribution in [2.24, 2.45) is 5.41 Å². The minimum atomic E-state index is 0.384. The number of nitrogens with zero attached hydrogens (tertiary/aromatic N) is 1. The van der Waals surface area contributed by atoms with Gasteiger partial charge in [0.15, 0.2) is 0 Å². The maximum Gasteiger partial charge on any atom is 0.0547 e. The minimum absolute atomic E-state index is 0.384. The first-order chi connectivity index (χ1) is 7.76. The quantitative estimate of drug-likeness (QED) is 0.768. The van der Waals surface area contributed by atoms with Crippen molar-refractivity contribution in [1.29, 1.82) is 0 Å². The van der Waals surface area contributed by atoms with Crippen LogP contribution >= 0.6 is 0 Å². The summed E-state index contributed by atoms with van der Waals surface area (Å²) in [6, 6.07) is 0.777. The van der Waals surface area contributed by atoms with E-state index >= 15 is 0 Å². The number of likely N-dealkylation sites (tertiary alicyclic amines) is 1. The van der Waals surface area contributed by atoms with Crippen LogP contribution in [0.3, 0.4) is 0 Å². The van der Waals surface area contributed by atoms with Gasteiger partial charge in [0.2, 0.25) is 0 Å². The molecule has 2 rings (SSSR count). The first-order valence-electron chi connectivity index (χ1n) is 6.78. The van der Waals surface area contributed by atoms with Crippen molar-refractivity contribution in [2.75, 3.05) is 39.4 Å². The van der Waals surface area contributed by atoms with Gasteiger partial charge in [-0.1, -0.05) is 6.92 Å². The van der Waals surface area contributed by atoms with Crippen LogP contribution in [0, 0.1) is 5.41 Å². The zero-order chi connectivity index (χ0) is 11.4. The van der Waals surface area contributed by atoms with Gasteiger partial charge in [-0.25, -0.2) is 0 Å². The molecular weight excluding hydrogens is 200 g/mol. The van der Waals surface area contributed by atoms with Crippen molar-refractivity contribution < 1.29 is 4.74 Å². The van der Waals surface area contributed by atoms with E-state index in [1.165, 1.54) is 32.4 Å². The molecule has 2 heterocycles. The average Bonchev–Trinajstić information content (AvgIpc) is 2.88. The second-order valence-electron chi connectivity index (χ2n) is 5.54. The molecule has 0 saturated carbocycles. The summed E-state index contributed by atoms with van der Waals surface area (Å²) in [5.41, 5.74) is 0.384. The maximum absolute atomic E-state index is 5.64. The van der Waals surface area contributed by atoms with E-state index in [1.54, 1.807) is 0 Å². The molecule has 0 aromatic heterocycles. The molecule has 0 aromatic carbocycles. The monoisotopic (exact) mass is 226 g/mol. The van der Waals surface area contributed by atoms with E-state index in [2.05, 4.69) is 24.1 Å². The Morgan fingerprint density at radius 3 is 2.94 bits per heavy atom. The highest BCUT2D eigenvalue weighted by Gasteiger charge is 2.38. The standard InChI is InChI=1S/C13H26N2O/c1-3-14-9-13(6-8-16-11-13)10-15-7-4-5-12(15)2/h12,14H,3-11H2,1-2H3. The normalized spacial score (nSPS) is 36.0. The fourth-order valence-electron chi connectivity index (χ4n) is 3.02. The molecular formula is C13H26N2O. The largest absolute Gasteiger partial charge is 0.381 e. The van der Waals surface area contributed by atoms with Crippen LogP contribution < -0.4 is 5.32 Å². The molecule has 3 nitrogen and oxygen atoms in total. The summed E-state index contributed by atoms with van der Waals surface area (Å²) in [5, 5.41) is 3.51. The summed E-state index contributed by atoms with van der Waals surface area (Å²) in [5.74, 6) is 0. The molecule has 0 radical (unpaired) electrons. The molecule has 0 spiro atoms. The van der Waals surface area contributed by atoms with Crippen LogP contribution in [0.5, 0.6) is 0 Å². The molecule has 94 valence electrons. The second-order valence-corrected chi connectivity index (χ2v) is 5.54. The van der Waals surface area contributed by atoms with Crippen molar-refractivity contribution in [1.82, 2.24) is 10.2 Å². The lowest BCUT2D eigenvalue weighted by molar-refractivity contribution is 0.106. The van der Waals surface area contributed by atoms with E-state index in [-0.39, 0.29) is 0 Å². The topological polar surface area (TPSA) is 24.5 Å². The highest BCUT2D eigenvalue weighted by molar-refractivity contribution is 4.91. The van der Waals surface area contributed by atoms with Crippen LogP contribution in [-0.4, -0.2) is 50.3 Å². The van der Waals surface area contributed by atoms with Gasteiger partial charge in [0.25, 0.3) is 0 Å². The predicted octanol–water partition coefficient (Wildman–Crippen LogP) is 1.49. The lowest BCUT2D eigenvalue weighted by Crippen LogP contribution is -2.45. The van der Waals surface area contributed by atoms with Gasteiger partial charge >= 0.3 is 0 Å². The third-order valence-electron chi connectivity index (χ3n) is 4.16. The van der Waals surface area contributed by atoms with Gasteiger partial charge in [0.05, 0.1) is 6.61 Å². The van der Waals surface area contributed by atoms with E-state index in [9.17, 15) is 0 Å². The molecule has 2 aliphatic heterocycles. The number of rotatable bonds is 5. The Hall–Kier alpha value is -0.120. The Balaban J connectivity index is 1.91. The number of ether oxygens (including phenoxy) is 1. The Morgan fingerprint density at radius 2 is 2.38 bits per heavy atom. The first-order valence-corrected chi connectivity index (χ1v) is 6.78. The highest BCUT2D eigenvalue weighted by Crippen LogP contribution is 2.31. The van der Waals surface area contributed by atoms with Gasteiger partial charge < -0.3 is 10.1 Å². The smallest absolute Gasteiger partial charge is 0.0547 e. The molecule has 2 aliphatic rings. The lowest BCUT2D eigenvalue weighted by atomic mass is 9.86. The van der Waals surface area contributed by atoms with Gasteiger partial charge in [0.1, 0.15) is 0 Å². The summed E-state index contributed by atoms with van der Waals surface area (Å²) >= 11 is 0. The minimum Gasteiger partial charge on any atom is -0.381 e. The van der Waals surface area contributed by atoms with Crippen molar-refractivity contribution in [3.63, 3.8) is 0 Å². The van der Waals surface area contributed by atoms with E-state index in [0.29, 0.717) is 5.41 Å². The number of hydrogen-bond acceptors (Lipinski definition) is 3. The van der Waals surface area contributed by atoms with Crippen LogP contribution in [0.1, 0.15) is 33.1 Å². The van der Waals surface area contributed by atoms with Crippen LogP contribution in [0.4, 0.5) is 0 Å². The van der Waals surface area contributed by atoms with Gasteiger partial charge in [-0.3, -0.25) is 4.90 Å². The summed E-state index contributed by atoms with van der Waals surface area (Å²) in [4.78, 5) is 2.66. The molecule has 0 aromatic rings. The van der Waals surface area contributed by atoms with Gasteiger partial charge in [0, 0.05) is 31.2 Å². The molecule has 2 atom stereocenters. The lowest BCUT2D eigenvalue weighted by Gasteiger charge is -2.34. The average molecular weight is 226 g/mol. The van der Waals surface area contributed by atoms with E-state index in [1.807, 2.05) is 0 Å². The molecule has 2 unspecified atom stereocenters. The van der Waals surface area contributed by atoms with Crippen molar-refractivity contribution in [3.8, 4) is 0 Å². The van der Waals surface area contributed by atoms with Crippen LogP contribution in [0.2, 0.25) is 0 Å². The Morgan fingerprint density at radius 1 is 1.50 bits per heavy atom. The molecule has 1 N–H and O–H groups in total. The molecule has 2 fully saturated rings. The summed E-state index contributed by atoms with van der Waals surface area (Å²) in [6.45, 7) is 11.1. The maximum atomic E-state index is 5.64. The fourth-order valence-corrected chi connectivity index (χ4v) is 3.02. The number of nitrogens with one attached hydrogen (secondary N) is 1. The first kappa shape index (κ1) is 12.3. The molecule has 2 saturated heterocycles. The van der Waals surface area contributed by atoms with E-state index in [4.69, 9.17) is 4.74 Å². The van der Waals surface area contributed by atoms with Crippen molar-refractivity contribution in [2.45, 2.75) is 39.2 Å². The molecule has 0 bridgehead atoms. The SMILES string of the molecule is CCNCC1(CN2CCCC2C)CCOC1. The Kier molecular flexibility index (Phi) is 4.22. The predicted molar refractivity (Wildman–Crippen MR) is 66.7 cm³/mol. The molecule has 0 aliphatic carbocycles. The van der Waals surface area contributed by atoms with Crippen molar-refractivity contribution >= 4 is 0 Å². The zero-order valence-corrected chi connectivity index (χ0v) is 10.8. The molecule has 3 heteroatoms. The van der Waals surface area contributed by atoms with Crippen LogP contribution in [-0.2, 0) is 4.74 Å². The second kappa shape index (κ2) is 5.48. The van der Waals surface area contributed by atoms with Crippen molar-refractivity contribution in [3.05, 3.63) is 0 Å². The zero-order valence-electron chi connectivity index (χ0n) is 10.8. The Labute approximate surface area is 99.5 Å². The van der Waals surface area contributed by atoms with E-state index in [0.717, 1.165) is 32.3 Å². The van der Waals surface area contributed by atoms with Crippen LogP contribution in [0.25, 0.3) is 0 Å². The molecule has 0 amide bonds.